The van der Waals surface area contributed by atoms with Crippen molar-refractivity contribution in [1.82, 2.24) is 10.7 Å². The summed E-state index contributed by atoms with van der Waals surface area (Å²) in [4.78, 5) is 37.5. The van der Waals surface area contributed by atoms with E-state index in [2.05, 4.69) is 20.6 Å². The number of primary amides is 1. The molecule has 0 aliphatic rings. The van der Waals surface area contributed by atoms with Gasteiger partial charge in [0, 0.05) is 10.9 Å². The van der Waals surface area contributed by atoms with Crippen molar-refractivity contribution in [3.05, 3.63) is 92.5 Å². The second kappa shape index (κ2) is 12.4. The van der Waals surface area contributed by atoms with Crippen molar-refractivity contribution < 1.29 is 37.4 Å². The number of hydrazone groups is 1. The molecule has 2 heterocycles. The lowest BCUT2D eigenvalue weighted by molar-refractivity contribution is -0.274. The van der Waals surface area contributed by atoms with Gasteiger partial charge >= 0.3 is 6.36 Å². The zero-order valence-electron chi connectivity index (χ0n) is 22.0. The number of aromatic hydroxyl groups is 1. The third-order valence-electron chi connectivity index (χ3n) is 5.93. The zero-order chi connectivity index (χ0) is 30.6. The van der Waals surface area contributed by atoms with Crippen LogP contribution in [0.5, 0.6) is 11.5 Å². The lowest BCUT2D eigenvalue weighted by Crippen LogP contribution is -2.26. The molecule has 14 heteroatoms. The highest BCUT2D eigenvalue weighted by Crippen LogP contribution is 2.39. The Morgan fingerprint density at radius 1 is 0.976 bits per heavy atom. The number of hydrogen-bond acceptors (Lipinski definition) is 8. The summed E-state index contributed by atoms with van der Waals surface area (Å²) in [7, 11) is 0. The van der Waals surface area contributed by atoms with Crippen molar-refractivity contribution in [2.24, 2.45) is 10.8 Å². The predicted octanol–water partition coefficient (Wildman–Crippen LogP) is 5.82. The summed E-state index contributed by atoms with van der Waals surface area (Å²) in [5, 5.41) is 19.2. The Hall–Kier alpha value is -4.69. The van der Waals surface area contributed by atoms with E-state index in [0.29, 0.717) is 26.4 Å². The van der Waals surface area contributed by atoms with E-state index in [1.165, 1.54) is 24.3 Å². The van der Waals surface area contributed by atoms with Gasteiger partial charge in [0.1, 0.15) is 11.5 Å². The monoisotopic (exact) mass is 616 g/mol. The van der Waals surface area contributed by atoms with Crippen molar-refractivity contribution in [2.45, 2.75) is 26.3 Å². The van der Waals surface area contributed by atoms with Crippen LogP contribution in [-0.4, -0.2) is 34.9 Å². The van der Waals surface area contributed by atoms with Gasteiger partial charge in [-0.1, -0.05) is 12.1 Å². The maximum Gasteiger partial charge on any atom is 0.573 e. The smallest absolute Gasteiger partial charge is 0.506 e. The fourth-order valence-electron chi connectivity index (χ4n) is 3.74. The molecular formula is C28H23F3N4O5S2. The average Bonchev–Trinajstić information content (AvgIpc) is 3.59. The van der Waals surface area contributed by atoms with Crippen molar-refractivity contribution >= 4 is 46.1 Å². The Labute approximate surface area is 245 Å². The lowest BCUT2D eigenvalue weighted by Gasteiger charge is -2.14. The molecule has 1 atom stereocenters. The molecule has 0 saturated carbocycles. The second-order valence-electron chi connectivity index (χ2n) is 8.88. The van der Waals surface area contributed by atoms with E-state index in [-0.39, 0.29) is 34.0 Å². The topological polar surface area (TPSA) is 143 Å². The third kappa shape index (κ3) is 7.33. The van der Waals surface area contributed by atoms with Gasteiger partial charge in [0.2, 0.25) is 5.91 Å². The number of carbonyl (C=O) groups is 3. The highest BCUT2D eigenvalue weighted by Gasteiger charge is 2.31. The number of carbonyl (C=O) groups excluding carboxylic acids is 3. The first-order valence-corrected chi connectivity index (χ1v) is 13.8. The second-order valence-corrected chi connectivity index (χ2v) is 10.8. The van der Waals surface area contributed by atoms with Crippen molar-refractivity contribution in [3.63, 3.8) is 0 Å². The number of benzene rings is 2. The molecule has 9 nitrogen and oxygen atoms in total. The molecule has 42 heavy (non-hydrogen) atoms. The van der Waals surface area contributed by atoms with E-state index in [1.807, 2.05) is 0 Å². The Bertz CT molecular complexity index is 1650. The Balaban J connectivity index is 1.37. The summed E-state index contributed by atoms with van der Waals surface area (Å²) in [6.07, 6.45) is -4.81. The number of nitrogens with zero attached hydrogens (tertiary/aromatic N) is 1. The Morgan fingerprint density at radius 3 is 2.19 bits per heavy atom. The van der Waals surface area contributed by atoms with Crippen LogP contribution in [0.1, 0.15) is 60.7 Å². The van der Waals surface area contributed by atoms with Crippen molar-refractivity contribution in [3.8, 4) is 21.9 Å². The zero-order valence-corrected chi connectivity index (χ0v) is 23.6. The number of thiophene rings is 2. The fraction of sp³-hybridized carbons (Fsp3) is 0.143. The first-order valence-electron chi connectivity index (χ1n) is 12.1. The average molecular weight is 617 g/mol. The molecule has 2 aromatic carbocycles. The van der Waals surface area contributed by atoms with Gasteiger partial charge < -0.3 is 20.9 Å². The van der Waals surface area contributed by atoms with Gasteiger partial charge in [-0.3, -0.25) is 14.4 Å². The van der Waals surface area contributed by atoms with Crippen LogP contribution in [0.2, 0.25) is 0 Å². The molecule has 0 bridgehead atoms. The maximum absolute atomic E-state index is 12.7. The summed E-state index contributed by atoms with van der Waals surface area (Å²) in [6.45, 7) is 3.34. The van der Waals surface area contributed by atoms with Crippen LogP contribution < -0.4 is 21.2 Å². The number of ether oxygens (including phenoxy) is 1. The first kappa shape index (κ1) is 30.3. The van der Waals surface area contributed by atoms with Gasteiger partial charge in [0.25, 0.3) is 11.8 Å². The highest BCUT2D eigenvalue weighted by molar-refractivity contribution is 7.16. The number of amides is 3. The summed E-state index contributed by atoms with van der Waals surface area (Å²) in [6, 6.07) is 14.2. The molecule has 3 amide bonds. The fourth-order valence-corrected chi connectivity index (χ4v) is 5.55. The molecule has 0 spiro atoms. The maximum atomic E-state index is 12.7. The summed E-state index contributed by atoms with van der Waals surface area (Å²) in [5.74, 6) is -2.04. The van der Waals surface area contributed by atoms with Crippen LogP contribution in [0.4, 0.5) is 13.2 Å². The van der Waals surface area contributed by atoms with E-state index in [4.69, 9.17) is 5.73 Å². The first-order chi connectivity index (χ1) is 19.8. The predicted molar refractivity (Wildman–Crippen MR) is 153 cm³/mol. The molecular weight excluding hydrogens is 593 g/mol. The van der Waals surface area contributed by atoms with Crippen LogP contribution in [0, 0.1) is 0 Å². The molecule has 0 aliphatic heterocycles. The van der Waals surface area contributed by atoms with Gasteiger partial charge in [-0.05, 0) is 73.5 Å². The van der Waals surface area contributed by atoms with Crippen LogP contribution in [-0.2, 0) is 0 Å². The minimum absolute atomic E-state index is 0.145. The van der Waals surface area contributed by atoms with E-state index in [0.717, 1.165) is 40.4 Å². The van der Waals surface area contributed by atoms with Gasteiger partial charge in [0.05, 0.1) is 31.9 Å². The Morgan fingerprint density at radius 2 is 1.60 bits per heavy atom. The van der Waals surface area contributed by atoms with Crippen molar-refractivity contribution in [2.75, 3.05) is 0 Å². The van der Waals surface area contributed by atoms with Gasteiger partial charge in [0.15, 0.2) is 0 Å². The minimum Gasteiger partial charge on any atom is -0.506 e. The van der Waals surface area contributed by atoms with E-state index in [9.17, 15) is 32.7 Å². The minimum atomic E-state index is -4.81. The number of halogens is 3. The van der Waals surface area contributed by atoms with Gasteiger partial charge in [-0.25, -0.2) is 5.43 Å². The molecule has 4 aromatic rings. The van der Waals surface area contributed by atoms with E-state index >= 15 is 0 Å². The Kier molecular flexibility index (Phi) is 8.97. The molecule has 1 unspecified atom stereocenters. The van der Waals surface area contributed by atoms with Crippen LogP contribution in [0.3, 0.4) is 0 Å². The molecule has 0 radical (unpaired) electrons. The summed E-state index contributed by atoms with van der Waals surface area (Å²) in [5.41, 5.74) is 9.84. The molecule has 0 aliphatic carbocycles. The SMILES string of the molecule is C/C(=N\NC(=O)c1ccc(C(=O)NC(C)c2ccc(C(N)=O)cc2)s1)c1csc(-c2ccc(OC(F)(F)F)cc2)c1O. The number of nitrogens with one attached hydrogen (secondary N) is 2. The number of rotatable bonds is 9. The number of alkyl halides is 3. The number of hydrogen-bond donors (Lipinski definition) is 4. The van der Waals surface area contributed by atoms with Crippen LogP contribution in [0.25, 0.3) is 10.4 Å². The molecule has 0 saturated heterocycles. The number of nitrogens with two attached hydrogens (primary N) is 1. The van der Waals surface area contributed by atoms with Gasteiger partial charge in [-0.2, -0.15) is 5.10 Å². The quantitative estimate of drug-likeness (QED) is 0.138. The normalized spacial score (nSPS) is 12.5. The van der Waals surface area contributed by atoms with Crippen LogP contribution in [0.15, 0.2) is 71.1 Å². The molecule has 5 N–H and O–H groups in total. The van der Waals surface area contributed by atoms with E-state index < -0.39 is 18.2 Å². The lowest BCUT2D eigenvalue weighted by atomic mass is 10.1. The summed E-state index contributed by atoms with van der Waals surface area (Å²) >= 11 is 2.12. The van der Waals surface area contributed by atoms with E-state index in [1.54, 1.807) is 43.5 Å². The molecule has 4 rings (SSSR count). The summed E-state index contributed by atoms with van der Waals surface area (Å²) < 4.78 is 41.1. The third-order valence-corrected chi connectivity index (χ3v) is 8.03. The van der Waals surface area contributed by atoms with Crippen LogP contribution >= 0.6 is 22.7 Å². The molecule has 0 fully saturated rings. The standard InChI is InChI=1S/C28H23F3N4O5S2/c1-14(16-3-5-18(6-4-16)25(32)37)33-26(38)21-11-12-22(42-21)27(39)35-34-15(2)20-13-41-24(23(20)36)17-7-9-19(10-8-17)40-28(29,30)31/h3-14,36H,1-2H3,(H2,32,37)(H,33,38)(H,35,39)/b34-15+. The van der Waals surface area contributed by atoms with Crippen molar-refractivity contribution in [1.29, 1.82) is 0 Å². The highest BCUT2D eigenvalue weighted by atomic mass is 32.1. The molecule has 218 valence electrons. The van der Waals surface area contributed by atoms with Gasteiger partial charge in [-0.15, -0.1) is 35.8 Å². The largest absolute Gasteiger partial charge is 0.573 e. The molecule has 2 aromatic heterocycles.